The molecule has 1 fully saturated rings. The first kappa shape index (κ1) is 12.6. The lowest BCUT2D eigenvalue weighted by Gasteiger charge is -2.10. The molecule has 94 valence electrons. The molecule has 0 spiro atoms. The number of nitrogens with one attached hydrogen (secondary N) is 1. The predicted octanol–water partition coefficient (Wildman–Crippen LogP) is 1.66. The molecule has 1 aliphatic rings. The molecule has 1 aromatic rings. The van der Waals surface area contributed by atoms with E-state index in [1.807, 2.05) is 0 Å². The van der Waals surface area contributed by atoms with E-state index < -0.39 is 0 Å². The number of hydrogen-bond acceptors (Lipinski definition) is 3. The number of aliphatic hydroxyl groups excluding tert-OH is 1. The van der Waals surface area contributed by atoms with Crippen LogP contribution in [0.3, 0.4) is 0 Å². The topological polar surface area (TPSA) is 41.5 Å². The van der Waals surface area contributed by atoms with E-state index in [2.05, 4.69) is 29.6 Å². The van der Waals surface area contributed by atoms with Crippen LogP contribution < -0.4 is 5.32 Å². The first-order valence-corrected chi connectivity index (χ1v) is 6.39. The van der Waals surface area contributed by atoms with Crippen molar-refractivity contribution in [2.45, 2.75) is 25.3 Å². The SMILES string of the molecule is OCCOCCNCc1ccccc1C1CC1. The molecule has 3 heteroatoms. The van der Waals surface area contributed by atoms with Crippen molar-refractivity contribution >= 4 is 0 Å². The van der Waals surface area contributed by atoms with Gasteiger partial charge in [0.15, 0.2) is 0 Å². The quantitative estimate of drug-likeness (QED) is 0.673. The lowest BCUT2D eigenvalue weighted by molar-refractivity contribution is 0.0938. The van der Waals surface area contributed by atoms with Crippen LogP contribution in [0.2, 0.25) is 0 Å². The van der Waals surface area contributed by atoms with Crippen molar-refractivity contribution in [3.05, 3.63) is 35.4 Å². The Morgan fingerprint density at radius 1 is 1.24 bits per heavy atom. The molecule has 0 saturated heterocycles. The summed E-state index contributed by atoms with van der Waals surface area (Å²) in [6, 6.07) is 8.68. The van der Waals surface area contributed by atoms with Gasteiger partial charge < -0.3 is 15.2 Å². The Labute approximate surface area is 103 Å². The van der Waals surface area contributed by atoms with Crippen LogP contribution in [0.1, 0.15) is 29.9 Å². The van der Waals surface area contributed by atoms with E-state index in [0.29, 0.717) is 13.2 Å². The molecule has 0 heterocycles. The Morgan fingerprint density at radius 2 is 2.06 bits per heavy atom. The van der Waals surface area contributed by atoms with E-state index >= 15 is 0 Å². The second kappa shape index (κ2) is 6.74. The van der Waals surface area contributed by atoms with Gasteiger partial charge in [-0.1, -0.05) is 24.3 Å². The molecule has 0 aliphatic heterocycles. The van der Waals surface area contributed by atoms with E-state index in [9.17, 15) is 0 Å². The summed E-state index contributed by atoms with van der Waals surface area (Å²) < 4.78 is 5.20. The molecule has 1 aliphatic carbocycles. The van der Waals surface area contributed by atoms with Crippen LogP contribution in [0.4, 0.5) is 0 Å². The van der Waals surface area contributed by atoms with Crippen molar-refractivity contribution in [3.8, 4) is 0 Å². The molecule has 2 N–H and O–H groups in total. The van der Waals surface area contributed by atoms with E-state index in [0.717, 1.165) is 19.0 Å². The van der Waals surface area contributed by atoms with Gasteiger partial charge in [-0.05, 0) is 29.9 Å². The summed E-state index contributed by atoms with van der Waals surface area (Å²) in [6.07, 6.45) is 2.69. The maximum atomic E-state index is 8.56. The van der Waals surface area contributed by atoms with Gasteiger partial charge in [0.2, 0.25) is 0 Å². The minimum absolute atomic E-state index is 0.102. The van der Waals surface area contributed by atoms with Crippen LogP contribution in [0.5, 0.6) is 0 Å². The third kappa shape index (κ3) is 4.11. The molecule has 0 unspecified atom stereocenters. The van der Waals surface area contributed by atoms with Crippen LogP contribution >= 0.6 is 0 Å². The molecule has 1 saturated carbocycles. The maximum Gasteiger partial charge on any atom is 0.0698 e. The van der Waals surface area contributed by atoms with Gasteiger partial charge in [-0.15, -0.1) is 0 Å². The van der Waals surface area contributed by atoms with Crippen LogP contribution in [-0.2, 0) is 11.3 Å². The molecule has 2 rings (SSSR count). The minimum atomic E-state index is 0.102. The molecule has 3 nitrogen and oxygen atoms in total. The molecule has 0 amide bonds. The molecule has 17 heavy (non-hydrogen) atoms. The third-order valence-electron chi connectivity index (χ3n) is 3.05. The Kier molecular flexibility index (Phi) is 4.98. The average molecular weight is 235 g/mol. The van der Waals surface area contributed by atoms with Crippen molar-refractivity contribution in [1.29, 1.82) is 0 Å². The Hall–Kier alpha value is -0.900. The molecule has 0 bridgehead atoms. The summed E-state index contributed by atoms with van der Waals surface area (Å²) in [6.45, 7) is 2.94. The van der Waals surface area contributed by atoms with Crippen molar-refractivity contribution in [2.24, 2.45) is 0 Å². The lowest BCUT2D eigenvalue weighted by Crippen LogP contribution is -2.20. The Morgan fingerprint density at radius 3 is 2.82 bits per heavy atom. The van der Waals surface area contributed by atoms with Gasteiger partial charge in [-0.25, -0.2) is 0 Å². The predicted molar refractivity (Wildman–Crippen MR) is 68.0 cm³/mol. The van der Waals surface area contributed by atoms with Crippen LogP contribution in [-0.4, -0.2) is 31.5 Å². The highest BCUT2D eigenvalue weighted by molar-refractivity contribution is 5.33. The van der Waals surface area contributed by atoms with Gasteiger partial charge in [0, 0.05) is 13.1 Å². The number of rotatable bonds is 8. The van der Waals surface area contributed by atoms with Crippen LogP contribution in [0.25, 0.3) is 0 Å². The summed E-state index contributed by atoms with van der Waals surface area (Å²) in [4.78, 5) is 0. The molecule has 0 atom stereocenters. The number of ether oxygens (including phenoxy) is 1. The van der Waals surface area contributed by atoms with Crippen molar-refractivity contribution < 1.29 is 9.84 Å². The molecular formula is C14H21NO2. The van der Waals surface area contributed by atoms with Gasteiger partial charge in [-0.3, -0.25) is 0 Å². The molecule has 1 aromatic carbocycles. The standard InChI is InChI=1S/C14H21NO2/c16-8-10-17-9-7-15-11-13-3-1-2-4-14(13)12-5-6-12/h1-4,12,15-16H,5-11H2. The lowest BCUT2D eigenvalue weighted by atomic mass is 10.0. The normalized spacial score (nSPS) is 15.1. The van der Waals surface area contributed by atoms with Gasteiger partial charge in [0.05, 0.1) is 19.8 Å². The fraction of sp³-hybridized carbons (Fsp3) is 0.571. The highest BCUT2D eigenvalue weighted by Crippen LogP contribution is 2.41. The van der Waals surface area contributed by atoms with Crippen LogP contribution in [0, 0.1) is 0 Å². The van der Waals surface area contributed by atoms with E-state index in [1.54, 1.807) is 0 Å². The van der Waals surface area contributed by atoms with E-state index in [1.165, 1.54) is 24.0 Å². The van der Waals surface area contributed by atoms with Gasteiger partial charge in [0.25, 0.3) is 0 Å². The largest absolute Gasteiger partial charge is 0.394 e. The first-order valence-electron chi connectivity index (χ1n) is 6.39. The average Bonchev–Trinajstić information content (AvgIpc) is 3.18. The fourth-order valence-corrected chi connectivity index (χ4v) is 2.02. The minimum Gasteiger partial charge on any atom is -0.394 e. The highest BCUT2D eigenvalue weighted by Gasteiger charge is 2.25. The molecule has 0 radical (unpaired) electrons. The first-order chi connectivity index (χ1) is 8.42. The highest BCUT2D eigenvalue weighted by atomic mass is 16.5. The Balaban J connectivity index is 1.71. The van der Waals surface area contributed by atoms with Crippen molar-refractivity contribution in [3.63, 3.8) is 0 Å². The Bertz CT molecular complexity index is 337. The second-order valence-electron chi connectivity index (χ2n) is 4.49. The summed E-state index contributed by atoms with van der Waals surface area (Å²) in [5.74, 6) is 0.804. The maximum absolute atomic E-state index is 8.56. The second-order valence-corrected chi connectivity index (χ2v) is 4.49. The smallest absolute Gasteiger partial charge is 0.0698 e. The third-order valence-corrected chi connectivity index (χ3v) is 3.05. The van der Waals surface area contributed by atoms with E-state index in [-0.39, 0.29) is 6.61 Å². The summed E-state index contributed by atoms with van der Waals surface area (Å²) in [7, 11) is 0. The van der Waals surface area contributed by atoms with Crippen molar-refractivity contribution in [1.82, 2.24) is 5.32 Å². The fourth-order valence-electron chi connectivity index (χ4n) is 2.02. The monoisotopic (exact) mass is 235 g/mol. The summed E-state index contributed by atoms with van der Waals surface area (Å²) in [5.41, 5.74) is 2.92. The number of benzene rings is 1. The zero-order valence-corrected chi connectivity index (χ0v) is 10.2. The van der Waals surface area contributed by atoms with Crippen molar-refractivity contribution in [2.75, 3.05) is 26.4 Å². The van der Waals surface area contributed by atoms with Gasteiger partial charge >= 0.3 is 0 Å². The number of aliphatic hydroxyl groups is 1. The number of hydrogen-bond donors (Lipinski definition) is 2. The zero-order valence-electron chi connectivity index (χ0n) is 10.2. The molecule has 0 aromatic heterocycles. The van der Waals surface area contributed by atoms with Gasteiger partial charge in [-0.2, -0.15) is 0 Å². The van der Waals surface area contributed by atoms with Crippen LogP contribution in [0.15, 0.2) is 24.3 Å². The zero-order chi connectivity index (χ0) is 11.9. The summed E-state index contributed by atoms with van der Waals surface area (Å²) >= 11 is 0. The van der Waals surface area contributed by atoms with E-state index in [4.69, 9.17) is 9.84 Å². The van der Waals surface area contributed by atoms with Gasteiger partial charge in [0.1, 0.15) is 0 Å². The summed E-state index contributed by atoms with van der Waals surface area (Å²) in [5, 5.41) is 11.9. The molecular weight excluding hydrogens is 214 g/mol.